The summed E-state index contributed by atoms with van der Waals surface area (Å²) in [5.41, 5.74) is 1.07. The van der Waals surface area contributed by atoms with Gasteiger partial charge in [-0.15, -0.1) is 0 Å². The third-order valence-corrected chi connectivity index (χ3v) is 4.66. The minimum absolute atomic E-state index is 0.0424. The summed E-state index contributed by atoms with van der Waals surface area (Å²) in [5.74, 6) is 1.42. The molecular weight excluding hydrogens is 331 g/mol. The lowest BCUT2D eigenvalue weighted by Crippen LogP contribution is -2.39. The van der Waals surface area contributed by atoms with Crippen LogP contribution in [0.2, 0.25) is 0 Å². The highest BCUT2D eigenvalue weighted by Gasteiger charge is 2.23. The van der Waals surface area contributed by atoms with Crippen LogP contribution in [0.1, 0.15) is 41.6 Å². The van der Waals surface area contributed by atoms with Gasteiger partial charge in [0.15, 0.2) is 0 Å². The van der Waals surface area contributed by atoms with Crippen LogP contribution in [0.25, 0.3) is 0 Å². The van der Waals surface area contributed by atoms with Crippen LogP contribution >= 0.6 is 0 Å². The molecule has 0 bridgehead atoms. The van der Waals surface area contributed by atoms with Crippen molar-refractivity contribution < 1.29 is 9.18 Å². The Balaban J connectivity index is 1.65. The summed E-state index contributed by atoms with van der Waals surface area (Å²) in [5, 5.41) is 3.18. The first kappa shape index (κ1) is 18.3. The minimum Gasteiger partial charge on any atom is -0.370 e. The van der Waals surface area contributed by atoms with Crippen molar-refractivity contribution in [2.24, 2.45) is 5.92 Å². The third kappa shape index (κ3) is 4.56. The SMILES string of the molecule is Cc1nc(NCCc2ccccc2F)cc(C(=O)N2CCCC(C)C2)n1. The molecule has 1 aromatic heterocycles. The van der Waals surface area contributed by atoms with Crippen molar-refractivity contribution in [3.05, 3.63) is 53.2 Å². The quantitative estimate of drug-likeness (QED) is 0.891. The van der Waals surface area contributed by atoms with Crippen molar-refractivity contribution in [2.45, 2.75) is 33.1 Å². The Labute approximate surface area is 153 Å². The van der Waals surface area contributed by atoms with E-state index < -0.39 is 0 Å². The van der Waals surface area contributed by atoms with Crippen LogP contribution in [-0.4, -0.2) is 40.4 Å². The average Bonchev–Trinajstić information content (AvgIpc) is 2.62. The van der Waals surface area contributed by atoms with Gasteiger partial charge in [0.05, 0.1) is 0 Å². The molecule has 1 amide bonds. The smallest absolute Gasteiger partial charge is 0.272 e. The molecule has 0 spiro atoms. The Morgan fingerprint density at radius 2 is 2.15 bits per heavy atom. The number of amides is 1. The summed E-state index contributed by atoms with van der Waals surface area (Å²) in [6.07, 6.45) is 2.74. The topological polar surface area (TPSA) is 58.1 Å². The zero-order chi connectivity index (χ0) is 18.5. The second-order valence-corrected chi connectivity index (χ2v) is 6.95. The van der Waals surface area contributed by atoms with Crippen molar-refractivity contribution >= 4 is 11.7 Å². The molecule has 0 saturated carbocycles. The summed E-state index contributed by atoms with van der Waals surface area (Å²) >= 11 is 0. The number of likely N-dealkylation sites (tertiary alicyclic amines) is 1. The maximum absolute atomic E-state index is 13.7. The predicted octanol–water partition coefficient (Wildman–Crippen LogP) is 3.45. The first-order valence-corrected chi connectivity index (χ1v) is 9.15. The van der Waals surface area contributed by atoms with Crippen molar-refractivity contribution in [3.8, 4) is 0 Å². The number of benzene rings is 1. The van der Waals surface area contributed by atoms with Crippen molar-refractivity contribution in [2.75, 3.05) is 25.0 Å². The number of nitrogens with one attached hydrogen (secondary N) is 1. The highest BCUT2D eigenvalue weighted by Crippen LogP contribution is 2.18. The number of carbonyl (C=O) groups is 1. The Morgan fingerprint density at radius 3 is 2.92 bits per heavy atom. The van der Waals surface area contributed by atoms with Gasteiger partial charge in [0, 0.05) is 25.7 Å². The molecule has 2 aromatic rings. The molecule has 6 heteroatoms. The first-order chi connectivity index (χ1) is 12.5. The van der Waals surface area contributed by atoms with E-state index in [1.54, 1.807) is 25.1 Å². The maximum atomic E-state index is 13.7. The van der Waals surface area contributed by atoms with Gasteiger partial charge in [-0.25, -0.2) is 14.4 Å². The highest BCUT2D eigenvalue weighted by molar-refractivity contribution is 5.93. The van der Waals surface area contributed by atoms with Crippen LogP contribution in [0.4, 0.5) is 10.2 Å². The van der Waals surface area contributed by atoms with E-state index in [1.807, 2.05) is 11.0 Å². The standard InChI is InChI=1S/C20H25FN4O/c1-14-6-5-11-25(13-14)20(26)18-12-19(24-15(2)23-18)22-10-9-16-7-3-4-8-17(16)21/h3-4,7-8,12,14H,5-6,9-11,13H2,1-2H3,(H,22,23,24). The molecular formula is C20H25FN4O. The van der Waals surface area contributed by atoms with Gasteiger partial charge in [-0.1, -0.05) is 25.1 Å². The summed E-state index contributed by atoms with van der Waals surface area (Å²) < 4.78 is 13.7. The van der Waals surface area contributed by atoms with Gasteiger partial charge in [-0.05, 0) is 43.7 Å². The molecule has 2 heterocycles. The van der Waals surface area contributed by atoms with E-state index in [0.29, 0.717) is 41.8 Å². The molecule has 1 N–H and O–H groups in total. The second-order valence-electron chi connectivity index (χ2n) is 6.95. The molecule has 3 rings (SSSR count). The van der Waals surface area contributed by atoms with E-state index >= 15 is 0 Å². The average molecular weight is 356 g/mol. The predicted molar refractivity (Wildman–Crippen MR) is 99.7 cm³/mol. The molecule has 1 aromatic carbocycles. The molecule has 1 unspecified atom stereocenters. The van der Waals surface area contributed by atoms with E-state index in [0.717, 1.165) is 25.9 Å². The van der Waals surface area contributed by atoms with Crippen LogP contribution in [0, 0.1) is 18.7 Å². The maximum Gasteiger partial charge on any atom is 0.272 e. The van der Waals surface area contributed by atoms with E-state index in [1.165, 1.54) is 6.07 Å². The number of hydrogen-bond donors (Lipinski definition) is 1. The van der Waals surface area contributed by atoms with Gasteiger partial charge >= 0.3 is 0 Å². The molecule has 5 nitrogen and oxygen atoms in total. The Morgan fingerprint density at radius 1 is 1.35 bits per heavy atom. The number of aromatic nitrogens is 2. The number of hydrogen-bond acceptors (Lipinski definition) is 4. The number of aryl methyl sites for hydroxylation is 1. The van der Waals surface area contributed by atoms with Gasteiger partial charge in [0.1, 0.15) is 23.2 Å². The van der Waals surface area contributed by atoms with Crippen LogP contribution in [-0.2, 0) is 6.42 Å². The summed E-state index contributed by atoms with van der Waals surface area (Å²) in [6, 6.07) is 8.42. The van der Waals surface area contributed by atoms with E-state index in [-0.39, 0.29) is 11.7 Å². The molecule has 0 aliphatic carbocycles. The summed E-state index contributed by atoms with van der Waals surface area (Å²) in [7, 11) is 0. The van der Waals surface area contributed by atoms with E-state index in [4.69, 9.17) is 0 Å². The lowest BCUT2D eigenvalue weighted by atomic mass is 10.00. The normalized spacial score (nSPS) is 17.2. The second kappa shape index (κ2) is 8.25. The molecule has 1 aliphatic heterocycles. The number of nitrogens with zero attached hydrogens (tertiary/aromatic N) is 3. The van der Waals surface area contributed by atoms with Gasteiger partial charge in [0.25, 0.3) is 5.91 Å². The number of carbonyl (C=O) groups excluding carboxylic acids is 1. The molecule has 1 fully saturated rings. The zero-order valence-electron chi connectivity index (χ0n) is 15.3. The summed E-state index contributed by atoms with van der Waals surface area (Å²) in [6.45, 7) is 6.03. The molecule has 1 aliphatic rings. The van der Waals surface area contributed by atoms with Gasteiger partial charge in [-0.3, -0.25) is 4.79 Å². The molecule has 0 radical (unpaired) electrons. The molecule has 1 atom stereocenters. The molecule has 26 heavy (non-hydrogen) atoms. The van der Waals surface area contributed by atoms with Crippen LogP contribution in [0.3, 0.4) is 0 Å². The minimum atomic E-state index is -0.205. The monoisotopic (exact) mass is 356 g/mol. The van der Waals surface area contributed by atoms with Crippen molar-refractivity contribution in [3.63, 3.8) is 0 Å². The Hall–Kier alpha value is -2.50. The highest BCUT2D eigenvalue weighted by atomic mass is 19.1. The Bertz CT molecular complexity index is 780. The van der Waals surface area contributed by atoms with Crippen molar-refractivity contribution in [1.29, 1.82) is 0 Å². The van der Waals surface area contributed by atoms with Gasteiger partial charge in [0.2, 0.25) is 0 Å². The fraction of sp³-hybridized carbons (Fsp3) is 0.450. The van der Waals surface area contributed by atoms with Crippen molar-refractivity contribution in [1.82, 2.24) is 14.9 Å². The number of anilines is 1. The van der Waals surface area contributed by atoms with E-state index in [2.05, 4.69) is 22.2 Å². The first-order valence-electron chi connectivity index (χ1n) is 9.15. The van der Waals surface area contributed by atoms with Crippen LogP contribution in [0.5, 0.6) is 0 Å². The largest absolute Gasteiger partial charge is 0.370 e. The fourth-order valence-electron chi connectivity index (χ4n) is 3.33. The van der Waals surface area contributed by atoms with Gasteiger partial charge < -0.3 is 10.2 Å². The lowest BCUT2D eigenvalue weighted by molar-refractivity contribution is 0.0676. The fourth-order valence-corrected chi connectivity index (χ4v) is 3.33. The van der Waals surface area contributed by atoms with Gasteiger partial charge in [-0.2, -0.15) is 0 Å². The lowest BCUT2D eigenvalue weighted by Gasteiger charge is -2.30. The zero-order valence-corrected chi connectivity index (χ0v) is 15.3. The number of halogens is 1. The molecule has 1 saturated heterocycles. The van der Waals surface area contributed by atoms with E-state index in [9.17, 15) is 9.18 Å². The summed E-state index contributed by atoms with van der Waals surface area (Å²) in [4.78, 5) is 23.3. The number of piperidine rings is 1. The van der Waals surface area contributed by atoms with Crippen LogP contribution in [0.15, 0.2) is 30.3 Å². The van der Waals surface area contributed by atoms with Crippen LogP contribution < -0.4 is 5.32 Å². The molecule has 138 valence electrons. The Kier molecular flexibility index (Phi) is 5.81. The third-order valence-electron chi connectivity index (χ3n) is 4.66. The number of rotatable bonds is 5.